The third kappa shape index (κ3) is 12.2. The Labute approximate surface area is 417 Å². The van der Waals surface area contributed by atoms with E-state index >= 15 is 0 Å². The van der Waals surface area contributed by atoms with Gasteiger partial charge in [0, 0.05) is 105 Å². The van der Waals surface area contributed by atoms with Crippen LogP contribution in [0.4, 0.5) is 0 Å². The van der Waals surface area contributed by atoms with Crippen LogP contribution in [0.25, 0.3) is 0 Å². The van der Waals surface area contributed by atoms with E-state index < -0.39 is 5.92 Å². The van der Waals surface area contributed by atoms with E-state index in [1.54, 1.807) is 66.9 Å². The van der Waals surface area contributed by atoms with Gasteiger partial charge in [-0.3, -0.25) is 38.7 Å². The number of pyridine rings is 1. The number of nitrogens with one attached hydrogen (secondary N) is 1. The molecule has 1 aromatic heterocycles. The zero-order valence-electron chi connectivity index (χ0n) is 37.1. The Morgan fingerprint density at radius 2 is 0.970 bits per heavy atom. The highest BCUT2D eigenvalue weighted by Crippen LogP contribution is 2.34. The van der Waals surface area contributed by atoms with Crippen LogP contribution in [-0.2, 0) is 16.1 Å². The number of piperidine rings is 4. The molecule has 0 unspecified atom stereocenters. The van der Waals surface area contributed by atoms with Gasteiger partial charge in [0.05, 0.1) is 5.69 Å². The molecule has 4 fully saturated rings. The average molecular weight is 1010 g/mol. The molecular weight excluding hydrogens is 956 g/mol. The molecule has 11 nitrogen and oxygen atoms in total. The van der Waals surface area contributed by atoms with Gasteiger partial charge in [-0.25, -0.2) is 0 Å². The van der Waals surface area contributed by atoms with Gasteiger partial charge in [0.2, 0.25) is 11.8 Å². The summed E-state index contributed by atoms with van der Waals surface area (Å²) < 4.78 is 0. The summed E-state index contributed by atoms with van der Waals surface area (Å²) in [7, 11) is 0. The first kappa shape index (κ1) is 50.7. The third-order valence-electron chi connectivity index (χ3n) is 13.8. The van der Waals surface area contributed by atoms with Crippen molar-refractivity contribution in [2.45, 2.75) is 63.8 Å². The van der Waals surface area contributed by atoms with Gasteiger partial charge in [0.1, 0.15) is 5.92 Å². The number of carbonyl (C=O) groups excluding carboxylic acids is 6. The van der Waals surface area contributed by atoms with Gasteiger partial charge in [0.25, 0.3) is 0 Å². The van der Waals surface area contributed by atoms with Crippen molar-refractivity contribution in [2.24, 2.45) is 23.7 Å². The Morgan fingerprint density at radius 1 is 0.552 bits per heavy atom. The SMILES string of the molecule is Cl.O=C(c1cc(Cl)cc(Cl)c1)C1CCN(C(=O)C2CCN(Cc3ccnc(C4C(=O)c5ccccc5C4=O)c3)CC2)CC1.O=C(c1cc(Cl)cc(Cl)c1)C1CCN(C(=O)C2CCNCC2)CC1. The van der Waals surface area contributed by atoms with Gasteiger partial charge in [-0.1, -0.05) is 70.7 Å². The summed E-state index contributed by atoms with van der Waals surface area (Å²) in [5.74, 6) is -0.804. The van der Waals surface area contributed by atoms with Crippen LogP contribution in [0.15, 0.2) is 79.0 Å². The molecule has 67 heavy (non-hydrogen) atoms. The van der Waals surface area contributed by atoms with Crippen LogP contribution < -0.4 is 5.32 Å². The normalized spacial score (nSPS) is 19.0. The summed E-state index contributed by atoms with van der Waals surface area (Å²) in [5.41, 5.74) is 3.51. The fourth-order valence-electron chi connectivity index (χ4n) is 10.1. The van der Waals surface area contributed by atoms with Crippen LogP contribution >= 0.6 is 58.8 Å². The van der Waals surface area contributed by atoms with Crippen LogP contribution in [0.2, 0.25) is 20.1 Å². The lowest BCUT2D eigenvalue weighted by atomic mass is 9.87. The van der Waals surface area contributed by atoms with Crippen LogP contribution in [0, 0.1) is 23.7 Å². The Morgan fingerprint density at radius 3 is 1.42 bits per heavy atom. The fourth-order valence-corrected chi connectivity index (χ4v) is 11.2. The molecule has 4 aromatic rings. The fraction of sp³-hybridized carbons (Fsp3) is 0.431. The average Bonchev–Trinajstić information content (AvgIpc) is 3.59. The third-order valence-corrected chi connectivity index (χ3v) is 14.7. The second-order valence-electron chi connectivity index (χ2n) is 18.1. The molecule has 0 bridgehead atoms. The number of hydrogen-bond donors (Lipinski definition) is 1. The molecule has 0 spiro atoms. The number of aromatic nitrogens is 1. The van der Waals surface area contributed by atoms with E-state index in [9.17, 15) is 28.8 Å². The standard InChI is InChI=1S/C33H31Cl2N3O4.C18H22Cl2N2O2.ClH/c34-24-16-23(17-25(35)18-24)30(39)21-8-13-38(14-9-21)33(42)22-6-11-37(12-7-22)19-20-5-10-36-28(15-20)29-31(40)26-3-1-2-4-27(26)32(29)41;19-15-9-14(10-16(20)11-15)17(23)12-3-7-22(8-4-12)18(24)13-1-5-21-6-2-13;/h1-5,10,15-18,21-22,29H,6-9,11-14,19H2;9-13,21H,1-8H2;1H. The van der Waals surface area contributed by atoms with Gasteiger partial charge in [0.15, 0.2) is 23.1 Å². The molecule has 0 radical (unpaired) electrons. The zero-order valence-corrected chi connectivity index (χ0v) is 40.9. The van der Waals surface area contributed by atoms with E-state index in [0.29, 0.717) is 106 Å². The van der Waals surface area contributed by atoms with E-state index in [1.165, 1.54) is 0 Å². The number of hydrogen-bond acceptors (Lipinski definition) is 9. The molecule has 2 amide bonds. The van der Waals surface area contributed by atoms with E-state index in [2.05, 4.69) is 15.2 Å². The number of amides is 2. The second-order valence-corrected chi connectivity index (χ2v) is 19.9. The summed E-state index contributed by atoms with van der Waals surface area (Å²) in [4.78, 5) is 87.9. The highest BCUT2D eigenvalue weighted by Gasteiger charge is 2.40. The van der Waals surface area contributed by atoms with E-state index in [0.717, 1.165) is 57.4 Å². The molecule has 4 saturated heterocycles. The van der Waals surface area contributed by atoms with Gasteiger partial charge in [-0.05, 0) is 132 Å². The number of fused-ring (bicyclic) bond motifs is 1. The van der Waals surface area contributed by atoms with Crippen molar-refractivity contribution < 1.29 is 28.8 Å². The lowest BCUT2D eigenvalue weighted by Crippen LogP contribution is -2.46. The lowest BCUT2D eigenvalue weighted by Gasteiger charge is -2.37. The smallest absolute Gasteiger partial charge is 0.225 e. The summed E-state index contributed by atoms with van der Waals surface area (Å²) >= 11 is 24.1. The van der Waals surface area contributed by atoms with Crippen LogP contribution in [0.1, 0.15) is 110 Å². The topological polar surface area (TPSA) is 137 Å². The number of ketones is 4. The zero-order chi connectivity index (χ0) is 46.5. The van der Waals surface area contributed by atoms with Gasteiger partial charge in [-0.2, -0.15) is 0 Å². The summed E-state index contributed by atoms with van der Waals surface area (Å²) in [6.07, 6.45) is 7.72. The summed E-state index contributed by atoms with van der Waals surface area (Å²) in [6.45, 7) is 6.54. The maximum Gasteiger partial charge on any atom is 0.225 e. The van der Waals surface area contributed by atoms with Crippen molar-refractivity contribution in [1.82, 2.24) is 25.0 Å². The van der Waals surface area contributed by atoms with Crippen molar-refractivity contribution in [1.29, 1.82) is 0 Å². The summed E-state index contributed by atoms with van der Waals surface area (Å²) in [5, 5.41) is 5.12. The number of carbonyl (C=O) groups is 6. The van der Waals surface area contributed by atoms with Crippen molar-refractivity contribution in [3.8, 4) is 0 Å². The molecule has 1 N–H and O–H groups in total. The predicted molar refractivity (Wildman–Crippen MR) is 263 cm³/mol. The Bertz CT molecular complexity index is 2420. The van der Waals surface area contributed by atoms with E-state index in [-0.39, 0.29) is 71.0 Å². The predicted octanol–water partition coefficient (Wildman–Crippen LogP) is 9.72. The number of likely N-dealkylation sites (tertiary alicyclic amines) is 3. The van der Waals surface area contributed by atoms with E-state index in [1.807, 2.05) is 21.9 Å². The first-order valence-electron chi connectivity index (χ1n) is 23.0. The quantitative estimate of drug-likeness (QED) is 0.128. The highest BCUT2D eigenvalue weighted by atomic mass is 35.5. The molecule has 9 rings (SSSR count). The molecule has 5 aliphatic rings. The monoisotopic (exact) mass is 1010 g/mol. The molecule has 354 valence electrons. The number of benzene rings is 3. The number of rotatable bonds is 9. The molecule has 3 aromatic carbocycles. The molecule has 16 heteroatoms. The Kier molecular flexibility index (Phi) is 17.3. The van der Waals surface area contributed by atoms with Crippen molar-refractivity contribution in [3.63, 3.8) is 0 Å². The van der Waals surface area contributed by atoms with Gasteiger partial charge >= 0.3 is 0 Å². The highest BCUT2D eigenvalue weighted by molar-refractivity contribution is 6.36. The molecule has 1 aliphatic carbocycles. The van der Waals surface area contributed by atoms with Crippen molar-refractivity contribution in [3.05, 3.63) is 133 Å². The molecule has 4 aliphatic heterocycles. The maximum absolute atomic E-state index is 13.3. The molecule has 0 atom stereocenters. The minimum absolute atomic E-state index is 0. The summed E-state index contributed by atoms with van der Waals surface area (Å²) in [6, 6.07) is 20.6. The molecule has 5 heterocycles. The van der Waals surface area contributed by atoms with Gasteiger partial charge in [-0.15, -0.1) is 12.4 Å². The first-order valence-corrected chi connectivity index (χ1v) is 24.5. The largest absolute Gasteiger partial charge is 0.342 e. The lowest BCUT2D eigenvalue weighted by molar-refractivity contribution is -0.138. The van der Waals surface area contributed by atoms with Crippen LogP contribution in [0.3, 0.4) is 0 Å². The molecular formula is C51H54Cl5N5O6. The Balaban J connectivity index is 0.000000227. The van der Waals surface area contributed by atoms with Gasteiger partial charge < -0.3 is 15.1 Å². The minimum atomic E-state index is -0.881. The molecule has 0 saturated carbocycles. The van der Waals surface area contributed by atoms with Crippen LogP contribution in [-0.4, -0.2) is 107 Å². The first-order chi connectivity index (χ1) is 31.8. The number of halogens is 5. The Hall–Kier alpha value is -4.20. The number of Topliss-reactive ketones (excluding diaryl/α,β-unsaturated/α-hetero) is 4. The van der Waals surface area contributed by atoms with E-state index in [4.69, 9.17) is 46.4 Å². The van der Waals surface area contributed by atoms with Crippen molar-refractivity contribution in [2.75, 3.05) is 52.4 Å². The van der Waals surface area contributed by atoms with Crippen molar-refractivity contribution >= 4 is 93.8 Å². The maximum atomic E-state index is 13.3. The van der Waals surface area contributed by atoms with Crippen LogP contribution in [0.5, 0.6) is 0 Å². The minimum Gasteiger partial charge on any atom is -0.342 e. The second kappa shape index (κ2) is 22.9. The number of nitrogens with zero attached hydrogens (tertiary/aromatic N) is 4.